The summed E-state index contributed by atoms with van der Waals surface area (Å²) in [5.41, 5.74) is 5.01. The number of nitrogens with one attached hydrogen (secondary N) is 1. The Labute approximate surface area is 64.4 Å². The highest BCUT2D eigenvalue weighted by Gasteiger charge is 2.40. The Morgan fingerprint density at radius 1 is 1.90 bits per heavy atom. The Hall–Kier alpha value is -0.840. The third kappa shape index (κ3) is 1.18. The molecule has 1 aliphatic rings. The lowest BCUT2D eigenvalue weighted by atomic mass is 10.5. The summed E-state index contributed by atoms with van der Waals surface area (Å²) < 4.78 is 0. The van der Waals surface area contributed by atoms with Crippen LogP contribution in [0, 0.1) is 0 Å². The number of carbonyl (C=O) groups is 1. The van der Waals surface area contributed by atoms with Crippen molar-refractivity contribution in [2.45, 2.75) is 6.04 Å². The third-order valence-corrected chi connectivity index (χ3v) is 1.85. The zero-order chi connectivity index (χ0) is 7.72. The summed E-state index contributed by atoms with van der Waals surface area (Å²) in [7, 11) is 1.72. The zero-order valence-electron chi connectivity index (χ0n) is 5.63. The number of hydrogen-bond acceptors (Lipinski definition) is 2. The van der Waals surface area contributed by atoms with E-state index in [9.17, 15) is 4.79 Å². The molecule has 4 nitrogen and oxygen atoms in total. The van der Waals surface area contributed by atoms with Crippen molar-refractivity contribution in [2.75, 3.05) is 13.6 Å². The smallest absolute Gasteiger partial charge is 0.242 e. The number of amides is 1. The van der Waals surface area contributed by atoms with Crippen molar-refractivity contribution < 1.29 is 4.79 Å². The Bertz CT molecular complexity index is 182. The maximum absolute atomic E-state index is 10.5. The lowest BCUT2D eigenvalue weighted by Crippen LogP contribution is -2.30. The first-order valence-electron chi connectivity index (χ1n) is 2.94. The van der Waals surface area contributed by atoms with Crippen molar-refractivity contribution in [1.29, 1.82) is 0 Å². The molecule has 1 saturated heterocycles. The van der Waals surface area contributed by atoms with Gasteiger partial charge in [-0.1, -0.05) is 0 Å². The highest BCUT2D eigenvalue weighted by atomic mass is 32.1. The van der Waals surface area contributed by atoms with Gasteiger partial charge in [-0.3, -0.25) is 4.79 Å². The average Bonchev–Trinajstić information content (AvgIpc) is 2.64. The second-order valence-corrected chi connectivity index (χ2v) is 2.51. The van der Waals surface area contributed by atoms with E-state index in [-0.39, 0.29) is 11.9 Å². The Morgan fingerprint density at radius 2 is 2.50 bits per heavy atom. The molecule has 1 unspecified atom stereocenters. The number of rotatable bonds is 1. The third-order valence-electron chi connectivity index (χ3n) is 1.42. The monoisotopic (exact) mass is 159 g/mol. The molecule has 1 heterocycles. The van der Waals surface area contributed by atoms with Crippen LogP contribution in [-0.2, 0) is 4.79 Å². The van der Waals surface area contributed by atoms with E-state index in [1.807, 2.05) is 0 Å². The highest BCUT2D eigenvalue weighted by Crippen LogP contribution is 2.15. The molecule has 0 bridgehead atoms. The van der Waals surface area contributed by atoms with E-state index in [0.717, 1.165) is 0 Å². The second-order valence-electron chi connectivity index (χ2n) is 2.13. The first-order chi connectivity index (χ1) is 4.66. The number of hydrogen-bond donors (Lipinski definition) is 2. The molecule has 5 heteroatoms. The van der Waals surface area contributed by atoms with E-state index >= 15 is 0 Å². The minimum absolute atomic E-state index is 0.167. The van der Waals surface area contributed by atoms with Gasteiger partial charge in [-0.15, -0.1) is 0 Å². The van der Waals surface area contributed by atoms with Crippen LogP contribution in [0.5, 0.6) is 0 Å². The van der Waals surface area contributed by atoms with Crippen LogP contribution in [0.3, 0.4) is 0 Å². The van der Waals surface area contributed by atoms with Crippen LogP contribution in [0.25, 0.3) is 0 Å². The van der Waals surface area contributed by atoms with Crippen molar-refractivity contribution in [1.82, 2.24) is 10.2 Å². The van der Waals surface area contributed by atoms with Gasteiger partial charge < -0.3 is 16.0 Å². The van der Waals surface area contributed by atoms with Gasteiger partial charge in [0.25, 0.3) is 0 Å². The van der Waals surface area contributed by atoms with Crippen LogP contribution in [0.1, 0.15) is 0 Å². The first kappa shape index (κ1) is 7.27. The Morgan fingerprint density at radius 3 is 2.80 bits per heavy atom. The minimum atomic E-state index is -0.308. The number of thiocarbonyl (C=S) groups is 1. The second kappa shape index (κ2) is 2.42. The van der Waals surface area contributed by atoms with Gasteiger partial charge in [0.2, 0.25) is 5.91 Å². The SMILES string of the molecule is CNC(=S)N1CC1C(N)=O. The molecule has 0 aliphatic carbocycles. The van der Waals surface area contributed by atoms with E-state index in [4.69, 9.17) is 18.0 Å². The molecule has 1 atom stereocenters. The molecule has 10 heavy (non-hydrogen) atoms. The largest absolute Gasteiger partial charge is 0.368 e. The van der Waals surface area contributed by atoms with Crippen molar-refractivity contribution in [2.24, 2.45) is 5.73 Å². The molecule has 0 saturated carbocycles. The zero-order valence-corrected chi connectivity index (χ0v) is 6.44. The summed E-state index contributed by atoms with van der Waals surface area (Å²) in [6.07, 6.45) is 0. The molecule has 56 valence electrons. The summed E-state index contributed by atoms with van der Waals surface area (Å²) in [4.78, 5) is 12.2. The number of nitrogens with zero attached hydrogens (tertiary/aromatic N) is 1. The molecule has 3 N–H and O–H groups in total. The quantitative estimate of drug-likeness (QED) is 0.367. The standard InChI is InChI=1S/C5H9N3OS/c1-7-5(10)8-2-3(8)4(6)9/h3H,2H2,1H3,(H2,6,9)(H,7,10). The molecule has 0 aromatic heterocycles. The van der Waals surface area contributed by atoms with Gasteiger partial charge in [-0.2, -0.15) is 0 Å². The summed E-state index contributed by atoms with van der Waals surface area (Å²) in [6, 6.07) is -0.167. The fourth-order valence-electron chi connectivity index (χ4n) is 0.751. The van der Waals surface area contributed by atoms with Crippen LogP contribution >= 0.6 is 12.2 Å². The predicted molar refractivity (Wildman–Crippen MR) is 41.3 cm³/mol. The Balaban J connectivity index is 2.38. The van der Waals surface area contributed by atoms with Crippen molar-refractivity contribution in [3.63, 3.8) is 0 Å². The van der Waals surface area contributed by atoms with Gasteiger partial charge in [-0.25, -0.2) is 0 Å². The summed E-state index contributed by atoms with van der Waals surface area (Å²) >= 11 is 4.85. The van der Waals surface area contributed by atoms with Crippen LogP contribution in [-0.4, -0.2) is 35.6 Å². The molecule has 1 amide bonds. The average molecular weight is 159 g/mol. The molecule has 0 aromatic rings. The fraction of sp³-hybridized carbons (Fsp3) is 0.600. The summed E-state index contributed by atoms with van der Waals surface area (Å²) in [5.74, 6) is -0.308. The van der Waals surface area contributed by atoms with E-state index < -0.39 is 0 Å². The van der Waals surface area contributed by atoms with Crippen LogP contribution in [0.15, 0.2) is 0 Å². The molecule has 0 aromatic carbocycles. The molecule has 1 fully saturated rings. The van der Waals surface area contributed by atoms with Crippen molar-refractivity contribution >= 4 is 23.2 Å². The molecule has 1 rings (SSSR count). The molecular weight excluding hydrogens is 150 g/mol. The van der Waals surface area contributed by atoms with Gasteiger partial charge >= 0.3 is 0 Å². The normalized spacial score (nSPS) is 22.1. The Kier molecular flexibility index (Phi) is 1.76. The molecule has 1 aliphatic heterocycles. The van der Waals surface area contributed by atoms with Crippen LogP contribution in [0.2, 0.25) is 0 Å². The van der Waals surface area contributed by atoms with Crippen LogP contribution in [0.4, 0.5) is 0 Å². The number of nitrogens with two attached hydrogens (primary N) is 1. The summed E-state index contributed by atoms with van der Waals surface area (Å²) in [6.45, 7) is 0.662. The van der Waals surface area contributed by atoms with E-state index in [1.165, 1.54) is 0 Å². The van der Waals surface area contributed by atoms with Crippen LogP contribution < -0.4 is 11.1 Å². The first-order valence-corrected chi connectivity index (χ1v) is 3.35. The molecule has 0 spiro atoms. The minimum Gasteiger partial charge on any atom is -0.368 e. The van der Waals surface area contributed by atoms with E-state index in [2.05, 4.69) is 5.32 Å². The van der Waals surface area contributed by atoms with Gasteiger partial charge in [0, 0.05) is 7.05 Å². The number of primary amides is 1. The van der Waals surface area contributed by atoms with Crippen molar-refractivity contribution in [3.05, 3.63) is 0 Å². The molecule has 0 radical (unpaired) electrons. The predicted octanol–water partition coefficient (Wildman–Crippen LogP) is -1.34. The summed E-state index contributed by atoms with van der Waals surface area (Å²) in [5, 5.41) is 3.35. The van der Waals surface area contributed by atoms with Gasteiger partial charge in [0.15, 0.2) is 5.11 Å². The van der Waals surface area contributed by atoms with E-state index in [0.29, 0.717) is 11.7 Å². The topological polar surface area (TPSA) is 58.1 Å². The van der Waals surface area contributed by atoms with Crippen molar-refractivity contribution in [3.8, 4) is 0 Å². The maximum Gasteiger partial charge on any atom is 0.242 e. The van der Waals surface area contributed by atoms with Gasteiger partial charge in [0.1, 0.15) is 6.04 Å². The van der Waals surface area contributed by atoms with Gasteiger partial charge in [0.05, 0.1) is 6.54 Å². The number of carbonyl (C=O) groups excluding carboxylic acids is 1. The lowest BCUT2D eigenvalue weighted by Gasteiger charge is -2.02. The van der Waals surface area contributed by atoms with Gasteiger partial charge in [-0.05, 0) is 12.2 Å². The van der Waals surface area contributed by atoms with E-state index in [1.54, 1.807) is 11.9 Å². The lowest BCUT2D eigenvalue weighted by molar-refractivity contribution is -0.117. The molecular formula is C5H9N3OS. The highest BCUT2D eigenvalue weighted by molar-refractivity contribution is 7.80. The fourth-order valence-corrected chi connectivity index (χ4v) is 0.953. The maximum atomic E-state index is 10.5.